The fourth-order valence-corrected chi connectivity index (χ4v) is 3.72. The number of hydrogen-bond acceptors (Lipinski definition) is 7. The monoisotopic (exact) mass is 477 g/mol. The van der Waals surface area contributed by atoms with Crippen LogP contribution in [0.25, 0.3) is 11.0 Å². The van der Waals surface area contributed by atoms with Gasteiger partial charge in [-0.25, -0.2) is 0 Å². The average molecular weight is 478 g/mol. The largest absolute Gasteiger partial charge is 0.492 e. The molecule has 0 saturated carbocycles. The maximum Gasteiger partial charge on any atom is 0.287 e. The maximum atomic E-state index is 12.7. The Bertz CT molecular complexity index is 1270. The lowest BCUT2D eigenvalue weighted by atomic mass is 9.99. The highest BCUT2D eigenvalue weighted by Crippen LogP contribution is 2.32. The van der Waals surface area contributed by atoms with Gasteiger partial charge in [0.05, 0.1) is 6.54 Å². The van der Waals surface area contributed by atoms with Gasteiger partial charge in [0.2, 0.25) is 0 Å². The Morgan fingerprint density at radius 1 is 1.18 bits per heavy atom. The second kappa shape index (κ2) is 10.9. The minimum atomic E-state index is -0.340. The number of pyridine rings is 1. The van der Waals surface area contributed by atoms with Crippen molar-refractivity contribution in [3.05, 3.63) is 95.5 Å². The molecule has 0 aliphatic carbocycles. The number of nitrogens with zero attached hydrogens (tertiary/aromatic N) is 1. The molecule has 0 fully saturated rings. The molecule has 0 aliphatic rings. The third-order valence-electron chi connectivity index (χ3n) is 5.20. The van der Waals surface area contributed by atoms with Crippen LogP contribution in [0.3, 0.4) is 0 Å². The summed E-state index contributed by atoms with van der Waals surface area (Å²) in [6.45, 7) is 0.559. The summed E-state index contributed by atoms with van der Waals surface area (Å²) in [4.78, 5) is 17.1. The van der Waals surface area contributed by atoms with Crippen molar-refractivity contribution < 1.29 is 23.9 Å². The van der Waals surface area contributed by atoms with Gasteiger partial charge in [-0.15, -0.1) is 0 Å². The van der Waals surface area contributed by atoms with Crippen LogP contribution in [-0.4, -0.2) is 41.3 Å². The van der Waals surface area contributed by atoms with Gasteiger partial charge in [-0.1, -0.05) is 30.4 Å². The molecule has 0 saturated heterocycles. The highest BCUT2D eigenvalue weighted by Gasteiger charge is 2.20. The van der Waals surface area contributed by atoms with Crippen LogP contribution in [0.1, 0.15) is 33.3 Å². The SMILES string of the molecule is COC(c1cccnc1)c1cccc2oc(C(=O)NCCOc3ccc(C(=S)NO)cc3)cc12. The van der Waals surface area contributed by atoms with E-state index in [0.29, 0.717) is 16.9 Å². The Morgan fingerprint density at radius 2 is 2.00 bits per heavy atom. The smallest absolute Gasteiger partial charge is 0.287 e. The lowest BCUT2D eigenvalue weighted by Crippen LogP contribution is -2.27. The number of thiocarbonyl (C=S) groups is 1. The van der Waals surface area contributed by atoms with Crippen molar-refractivity contribution >= 4 is 34.1 Å². The number of carbonyl (C=O) groups is 1. The summed E-state index contributed by atoms with van der Waals surface area (Å²) in [5.74, 6) is 0.488. The molecule has 0 spiro atoms. The molecule has 3 N–H and O–H groups in total. The fraction of sp³-hybridized carbons (Fsp3) is 0.160. The van der Waals surface area contributed by atoms with E-state index in [2.05, 4.69) is 10.3 Å². The summed E-state index contributed by atoms with van der Waals surface area (Å²) < 4.78 is 17.2. The molecule has 0 bridgehead atoms. The quantitative estimate of drug-likeness (QED) is 0.189. The molecule has 0 aliphatic heterocycles. The molecule has 2 aromatic carbocycles. The molecule has 2 heterocycles. The number of furan rings is 1. The zero-order valence-electron chi connectivity index (χ0n) is 18.4. The number of carbonyl (C=O) groups excluding carboxylic acids is 1. The molecular formula is C25H23N3O5S. The van der Waals surface area contributed by atoms with Gasteiger partial charge in [0.15, 0.2) is 5.76 Å². The van der Waals surface area contributed by atoms with Gasteiger partial charge in [-0.3, -0.25) is 20.5 Å². The average Bonchev–Trinajstić information content (AvgIpc) is 3.33. The molecule has 34 heavy (non-hydrogen) atoms. The molecule has 2 aromatic heterocycles. The molecule has 1 unspecified atom stereocenters. The Morgan fingerprint density at radius 3 is 2.71 bits per heavy atom. The molecule has 1 amide bonds. The number of rotatable bonds is 9. The third-order valence-corrected chi connectivity index (χ3v) is 5.53. The zero-order valence-corrected chi connectivity index (χ0v) is 19.2. The summed E-state index contributed by atoms with van der Waals surface area (Å²) in [6.07, 6.45) is 3.12. The molecule has 9 heteroatoms. The van der Waals surface area contributed by atoms with Crippen molar-refractivity contribution in [3.63, 3.8) is 0 Å². The Labute approximate surface area is 201 Å². The van der Waals surface area contributed by atoms with E-state index >= 15 is 0 Å². The zero-order chi connectivity index (χ0) is 23.9. The number of ether oxygens (including phenoxy) is 2. The molecule has 174 valence electrons. The second-order valence-electron chi connectivity index (χ2n) is 7.34. The molecule has 0 radical (unpaired) electrons. The molecule has 8 nitrogen and oxygen atoms in total. The van der Waals surface area contributed by atoms with Crippen LogP contribution >= 0.6 is 12.2 Å². The van der Waals surface area contributed by atoms with Gasteiger partial charge < -0.3 is 19.2 Å². The lowest BCUT2D eigenvalue weighted by Gasteiger charge is -2.16. The van der Waals surface area contributed by atoms with Gasteiger partial charge >= 0.3 is 0 Å². The van der Waals surface area contributed by atoms with Crippen LogP contribution in [0.2, 0.25) is 0 Å². The number of aromatic nitrogens is 1. The minimum absolute atomic E-state index is 0.206. The summed E-state index contributed by atoms with van der Waals surface area (Å²) >= 11 is 4.96. The van der Waals surface area contributed by atoms with Crippen molar-refractivity contribution in [2.24, 2.45) is 0 Å². The Hall–Kier alpha value is -3.79. The topological polar surface area (TPSA) is 106 Å². The van der Waals surface area contributed by atoms with E-state index < -0.39 is 0 Å². The van der Waals surface area contributed by atoms with E-state index in [1.54, 1.807) is 49.8 Å². The van der Waals surface area contributed by atoms with Crippen molar-refractivity contribution in [1.82, 2.24) is 15.8 Å². The van der Waals surface area contributed by atoms with Gasteiger partial charge in [-0.2, -0.15) is 0 Å². The summed E-state index contributed by atoms with van der Waals surface area (Å²) in [5.41, 5.74) is 5.00. The number of hydroxylamine groups is 1. The van der Waals surface area contributed by atoms with Crippen LogP contribution in [0.5, 0.6) is 5.75 Å². The number of hydrogen-bond donors (Lipinski definition) is 3. The maximum absolute atomic E-state index is 12.7. The first-order chi connectivity index (χ1) is 16.6. The van der Waals surface area contributed by atoms with Crippen LogP contribution < -0.4 is 15.5 Å². The van der Waals surface area contributed by atoms with Crippen LogP contribution in [-0.2, 0) is 4.74 Å². The van der Waals surface area contributed by atoms with Gasteiger partial charge in [0.1, 0.15) is 29.0 Å². The number of fused-ring (bicyclic) bond motifs is 1. The van der Waals surface area contributed by atoms with Crippen LogP contribution in [0.15, 0.2) is 77.5 Å². The minimum Gasteiger partial charge on any atom is -0.492 e. The fourth-order valence-electron chi connectivity index (χ4n) is 3.59. The van der Waals surface area contributed by atoms with Crippen LogP contribution in [0, 0.1) is 0 Å². The molecular weight excluding hydrogens is 454 g/mol. The van der Waals surface area contributed by atoms with E-state index in [-0.39, 0.29) is 35.9 Å². The Balaban J connectivity index is 1.39. The van der Waals surface area contributed by atoms with Gasteiger partial charge in [0.25, 0.3) is 5.91 Å². The highest BCUT2D eigenvalue weighted by atomic mass is 32.1. The first kappa shape index (κ1) is 23.4. The predicted octanol–water partition coefficient (Wildman–Crippen LogP) is 4.03. The van der Waals surface area contributed by atoms with E-state index in [1.807, 2.05) is 35.8 Å². The third kappa shape index (κ3) is 5.23. The molecule has 1 atom stereocenters. The number of methoxy groups -OCH3 is 1. The summed E-state index contributed by atoms with van der Waals surface area (Å²) in [5, 5.41) is 12.5. The van der Waals surface area contributed by atoms with Crippen molar-refractivity contribution in [2.45, 2.75) is 6.10 Å². The molecule has 4 aromatic rings. The second-order valence-corrected chi connectivity index (χ2v) is 7.75. The molecule has 4 rings (SSSR count). The standard InChI is InChI=1S/C25H23N3O5S/c1-31-23(17-4-3-11-26-15-17)19-5-2-6-21-20(19)14-22(33-21)24(29)27-12-13-32-18-9-7-16(8-10-18)25(34)28-30/h2-11,14-15,23,30H,12-13H2,1H3,(H,27,29)(H,28,34). The van der Waals surface area contributed by atoms with Gasteiger partial charge in [0, 0.05) is 36.0 Å². The van der Waals surface area contributed by atoms with Gasteiger partial charge in [-0.05, 0) is 48.0 Å². The van der Waals surface area contributed by atoms with E-state index in [1.165, 1.54) is 0 Å². The van der Waals surface area contributed by atoms with E-state index in [9.17, 15) is 4.79 Å². The normalized spacial score (nSPS) is 11.7. The van der Waals surface area contributed by atoms with Crippen LogP contribution in [0.4, 0.5) is 0 Å². The summed E-state index contributed by atoms with van der Waals surface area (Å²) in [6, 6.07) is 18.1. The first-order valence-corrected chi connectivity index (χ1v) is 10.9. The number of nitrogens with one attached hydrogen (secondary N) is 2. The van der Waals surface area contributed by atoms with Crippen molar-refractivity contribution in [1.29, 1.82) is 0 Å². The lowest BCUT2D eigenvalue weighted by molar-refractivity contribution is 0.0921. The van der Waals surface area contributed by atoms with Crippen molar-refractivity contribution in [3.8, 4) is 5.75 Å². The Kier molecular flexibility index (Phi) is 7.48. The van der Waals surface area contributed by atoms with E-state index in [4.69, 9.17) is 31.3 Å². The predicted molar refractivity (Wildman–Crippen MR) is 130 cm³/mol. The van der Waals surface area contributed by atoms with E-state index in [0.717, 1.165) is 16.5 Å². The first-order valence-electron chi connectivity index (χ1n) is 10.5. The van der Waals surface area contributed by atoms with Crippen molar-refractivity contribution in [2.75, 3.05) is 20.3 Å². The number of benzene rings is 2. The highest BCUT2D eigenvalue weighted by molar-refractivity contribution is 7.80. The number of amides is 1. The summed E-state index contributed by atoms with van der Waals surface area (Å²) in [7, 11) is 1.63.